The van der Waals surface area contributed by atoms with Crippen LogP contribution in [0.5, 0.6) is 0 Å². The lowest BCUT2D eigenvalue weighted by Gasteiger charge is -2.49. The van der Waals surface area contributed by atoms with Crippen molar-refractivity contribution in [3.63, 3.8) is 0 Å². The summed E-state index contributed by atoms with van der Waals surface area (Å²) in [6.07, 6.45) is 0.0971. The SMILES string of the molecule is C=C(C)[C@H](C(=O)OCc1ccc([N+](=O)[O-])cc1)N1C(=O)[C@@H](NC(=O)Cc2ccccc2)[C@H]1SSc1nc2ccccc2[nH]1. The Kier molecular flexibility index (Phi) is 9.12. The van der Waals surface area contributed by atoms with Crippen molar-refractivity contribution in [1.82, 2.24) is 20.2 Å². The molecular weight excluding hydrogens is 590 g/mol. The second-order valence-electron chi connectivity index (χ2n) is 9.86. The maximum atomic E-state index is 13.5. The van der Waals surface area contributed by atoms with Gasteiger partial charge in [0.05, 0.1) is 22.4 Å². The first-order valence-corrected chi connectivity index (χ1v) is 15.4. The predicted molar refractivity (Wildman–Crippen MR) is 164 cm³/mol. The summed E-state index contributed by atoms with van der Waals surface area (Å²) in [5.74, 6) is -1.46. The molecule has 0 bridgehead atoms. The molecule has 3 atom stereocenters. The van der Waals surface area contributed by atoms with Gasteiger partial charge in [0.25, 0.3) is 5.69 Å². The summed E-state index contributed by atoms with van der Waals surface area (Å²) in [6, 6.07) is 20.4. The van der Waals surface area contributed by atoms with Gasteiger partial charge in [-0.1, -0.05) is 59.8 Å². The molecule has 1 aliphatic heterocycles. The number of H-pyrrole nitrogens is 1. The number of rotatable bonds is 12. The van der Waals surface area contributed by atoms with Gasteiger partial charge in [-0.05, 0) is 58.7 Å². The first-order chi connectivity index (χ1) is 20.7. The van der Waals surface area contributed by atoms with E-state index >= 15 is 0 Å². The van der Waals surface area contributed by atoms with Crippen molar-refractivity contribution in [3.8, 4) is 0 Å². The molecule has 2 heterocycles. The number of aromatic amines is 1. The molecule has 11 nitrogen and oxygen atoms in total. The Morgan fingerprint density at radius 2 is 1.79 bits per heavy atom. The second kappa shape index (κ2) is 13.1. The maximum Gasteiger partial charge on any atom is 0.333 e. The van der Waals surface area contributed by atoms with Gasteiger partial charge in [-0.2, -0.15) is 0 Å². The summed E-state index contributed by atoms with van der Waals surface area (Å²) in [5, 5.41) is 13.7. The highest BCUT2D eigenvalue weighted by Crippen LogP contribution is 2.43. The molecule has 0 unspecified atom stereocenters. The minimum absolute atomic E-state index is 0.0803. The Hall–Kier alpha value is -4.62. The fraction of sp³-hybridized carbons (Fsp3) is 0.200. The molecule has 43 heavy (non-hydrogen) atoms. The van der Waals surface area contributed by atoms with Crippen molar-refractivity contribution in [3.05, 3.63) is 112 Å². The van der Waals surface area contributed by atoms with E-state index in [-0.39, 0.29) is 24.6 Å². The minimum atomic E-state index is -1.11. The Labute approximate surface area is 254 Å². The van der Waals surface area contributed by atoms with Crippen LogP contribution in [0.2, 0.25) is 0 Å². The van der Waals surface area contributed by atoms with Gasteiger partial charge in [-0.3, -0.25) is 19.7 Å². The molecule has 0 saturated carbocycles. The van der Waals surface area contributed by atoms with Crippen LogP contribution in [0.25, 0.3) is 11.0 Å². The molecule has 1 aromatic heterocycles. The minimum Gasteiger partial charge on any atom is -0.459 e. The van der Waals surface area contributed by atoms with E-state index < -0.39 is 34.3 Å². The Bertz CT molecular complexity index is 1640. The lowest BCUT2D eigenvalue weighted by atomic mass is 9.99. The number of nitro groups is 1. The van der Waals surface area contributed by atoms with Gasteiger partial charge in [-0.25, -0.2) is 9.78 Å². The highest BCUT2D eigenvalue weighted by Gasteiger charge is 2.54. The summed E-state index contributed by atoms with van der Waals surface area (Å²) < 4.78 is 5.52. The lowest BCUT2D eigenvalue weighted by molar-refractivity contribution is -0.384. The van der Waals surface area contributed by atoms with Crippen LogP contribution in [0, 0.1) is 10.1 Å². The molecule has 3 aromatic carbocycles. The number of carbonyl (C=O) groups is 3. The molecule has 1 aliphatic rings. The smallest absolute Gasteiger partial charge is 0.333 e. The summed E-state index contributed by atoms with van der Waals surface area (Å²) in [5.41, 5.74) is 3.30. The molecule has 220 valence electrons. The second-order valence-corrected chi connectivity index (χ2v) is 12.2. The number of nitrogens with one attached hydrogen (secondary N) is 2. The number of nitrogens with zero attached hydrogens (tertiary/aromatic N) is 3. The molecule has 2 N–H and O–H groups in total. The number of esters is 1. The van der Waals surface area contributed by atoms with Crippen LogP contribution in [0.3, 0.4) is 0 Å². The Morgan fingerprint density at radius 1 is 1.09 bits per heavy atom. The number of imidazole rings is 1. The summed E-state index contributed by atoms with van der Waals surface area (Å²) in [4.78, 5) is 59.3. The summed E-state index contributed by atoms with van der Waals surface area (Å²) in [7, 11) is 2.58. The number of amides is 2. The number of aromatic nitrogens is 2. The third-order valence-corrected chi connectivity index (χ3v) is 9.19. The van der Waals surface area contributed by atoms with Crippen molar-refractivity contribution in [2.75, 3.05) is 0 Å². The van der Waals surface area contributed by atoms with Crippen LogP contribution in [0.15, 0.2) is 96.2 Å². The monoisotopic (exact) mass is 617 g/mol. The van der Waals surface area contributed by atoms with E-state index in [9.17, 15) is 24.5 Å². The predicted octanol–water partition coefficient (Wildman–Crippen LogP) is 4.80. The largest absolute Gasteiger partial charge is 0.459 e. The highest BCUT2D eigenvalue weighted by atomic mass is 33.1. The zero-order valence-corrected chi connectivity index (χ0v) is 24.6. The number of non-ortho nitro benzene ring substituents is 1. The van der Waals surface area contributed by atoms with Gasteiger partial charge in [0.1, 0.15) is 18.0 Å². The van der Waals surface area contributed by atoms with Gasteiger partial charge in [0.2, 0.25) is 11.8 Å². The van der Waals surface area contributed by atoms with Crippen molar-refractivity contribution >= 4 is 56.1 Å². The van der Waals surface area contributed by atoms with Gasteiger partial charge in [-0.15, -0.1) is 0 Å². The highest BCUT2D eigenvalue weighted by molar-refractivity contribution is 8.76. The van der Waals surface area contributed by atoms with Crippen molar-refractivity contribution in [2.24, 2.45) is 0 Å². The van der Waals surface area contributed by atoms with Gasteiger partial charge >= 0.3 is 5.97 Å². The first kappa shape index (κ1) is 29.9. The van der Waals surface area contributed by atoms with E-state index in [1.165, 1.54) is 50.8 Å². The van der Waals surface area contributed by atoms with Crippen LogP contribution in [-0.4, -0.2) is 55.0 Å². The number of fused-ring (bicyclic) bond motifs is 1. The Morgan fingerprint density at radius 3 is 2.47 bits per heavy atom. The third-order valence-electron chi connectivity index (χ3n) is 6.69. The molecule has 4 aromatic rings. The standard InChI is InChI=1S/C30H27N5O6S2/c1-18(2)26(29(38)41-17-20-12-14-21(15-13-20)35(39)40)34-27(37)25(33-24(36)16-19-8-4-3-5-9-19)28(34)42-43-30-31-22-10-6-7-11-23(22)32-30/h3-15,25-26,28H,1,16-17H2,2H3,(H,31,32)(H,33,36)/t25-,26-,28-/m1/s1. The number of benzene rings is 3. The molecule has 0 spiro atoms. The summed E-state index contributed by atoms with van der Waals surface area (Å²) >= 11 is 0. The topological polar surface area (TPSA) is 148 Å². The van der Waals surface area contributed by atoms with E-state index in [0.29, 0.717) is 16.3 Å². The third kappa shape index (κ3) is 6.89. The number of para-hydroxylation sites is 2. The number of carbonyl (C=O) groups excluding carboxylic acids is 3. The van der Waals surface area contributed by atoms with E-state index in [2.05, 4.69) is 21.9 Å². The Balaban J connectivity index is 1.32. The number of hydrogen-bond donors (Lipinski definition) is 2. The number of β-lactam (4-membered cyclic amide) rings is 1. The van der Waals surface area contributed by atoms with Crippen LogP contribution in [-0.2, 0) is 32.1 Å². The normalized spacial score (nSPS) is 16.8. The number of likely N-dealkylation sites (tertiary alicyclic amines) is 1. The number of ether oxygens (including phenoxy) is 1. The molecule has 0 radical (unpaired) electrons. The molecule has 1 saturated heterocycles. The fourth-order valence-electron chi connectivity index (χ4n) is 4.56. The van der Waals surface area contributed by atoms with Crippen LogP contribution >= 0.6 is 21.6 Å². The van der Waals surface area contributed by atoms with Gasteiger partial charge in [0.15, 0.2) is 11.2 Å². The molecule has 13 heteroatoms. The van der Waals surface area contributed by atoms with Crippen molar-refractivity contribution in [2.45, 2.75) is 42.6 Å². The molecular formula is C30H27N5O6S2. The number of nitro benzene ring substituents is 1. The average Bonchev–Trinajstić information content (AvgIpc) is 3.42. The first-order valence-electron chi connectivity index (χ1n) is 13.2. The zero-order chi connectivity index (χ0) is 30.5. The molecule has 2 amide bonds. The van der Waals surface area contributed by atoms with E-state index in [4.69, 9.17) is 4.74 Å². The maximum absolute atomic E-state index is 13.5. The van der Waals surface area contributed by atoms with E-state index in [0.717, 1.165) is 16.6 Å². The van der Waals surface area contributed by atoms with E-state index in [1.54, 1.807) is 6.92 Å². The van der Waals surface area contributed by atoms with Gasteiger partial charge < -0.3 is 19.9 Å². The van der Waals surface area contributed by atoms with Crippen LogP contribution in [0.4, 0.5) is 5.69 Å². The average molecular weight is 618 g/mol. The van der Waals surface area contributed by atoms with E-state index in [1.807, 2.05) is 54.6 Å². The fourth-order valence-corrected chi connectivity index (χ4v) is 7.07. The molecule has 1 fully saturated rings. The molecule has 0 aliphatic carbocycles. The summed E-state index contributed by atoms with van der Waals surface area (Å²) in [6.45, 7) is 5.41. The molecule has 5 rings (SSSR count). The quantitative estimate of drug-likeness (QED) is 0.0572. The zero-order valence-electron chi connectivity index (χ0n) is 23.0. The van der Waals surface area contributed by atoms with Gasteiger partial charge in [0, 0.05) is 12.1 Å². The van der Waals surface area contributed by atoms with Crippen molar-refractivity contribution in [1.29, 1.82) is 0 Å². The van der Waals surface area contributed by atoms with Crippen molar-refractivity contribution < 1.29 is 24.0 Å². The lowest BCUT2D eigenvalue weighted by Crippen LogP contribution is -2.73. The van der Waals surface area contributed by atoms with Crippen LogP contribution < -0.4 is 5.32 Å². The van der Waals surface area contributed by atoms with Crippen LogP contribution in [0.1, 0.15) is 18.1 Å². The number of hydrogen-bond acceptors (Lipinski definition) is 9.